The Bertz CT molecular complexity index is 533. The number of nitrogens with two attached hydrogens (primary N) is 1. The van der Waals surface area contributed by atoms with E-state index in [0.29, 0.717) is 6.42 Å². The van der Waals surface area contributed by atoms with Crippen molar-refractivity contribution in [1.29, 1.82) is 5.41 Å². The van der Waals surface area contributed by atoms with Gasteiger partial charge in [-0.05, 0) is 12.0 Å². The summed E-state index contributed by atoms with van der Waals surface area (Å²) >= 11 is 0. The molecule has 1 amide bonds. The number of ether oxygens (including phenoxy) is 1. The summed E-state index contributed by atoms with van der Waals surface area (Å²) in [4.78, 5) is 20.7. The standard InChI is InChI=1S/C15H22N5O3/c1-3-7-12(13(18-2)23-20-14(16)17)19-15(21)22-10-11-8-5-4-6-9-11/h4-6,8-9,12H,2-3,7,10H2,1H3,(H,19,21)(H4,16,17,20). The van der Waals surface area contributed by atoms with E-state index in [4.69, 9.17) is 20.7 Å². The van der Waals surface area contributed by atoms with E-state index in [-0.39, 0.29) is 18.5 Å². The molecule has 5 N–H and O–H groups in total. The largest absolute Gasteiger partial charge is 0.445 e. The second-order valence-corrected chi connectivity index (χ2v) is 4.66. The Balaban J connectivity index is 2.56. The van der Waals surface area contributed by atoms with Crippen molar-refractivity contribution in [3.8, 4) is 0 Å². The van der Waals surface area contributed by atoms with E-state index in [1.165, 1.54) is 0 Å². The lowest BCUT2D eigenvalue weighted by Crippen LogP contribution is -2.45. The van der Waals surface area contributed by atoms with E-state index >= 15 is 0 Å². The Kier molecular flexibility index (Phi) is 7.98. The van der Waals surface area contributed by atoms with Gasteiger partial charge in [0, 0.05) is 0 Å². The molecule has 0 spiro atoms. The van der Waals surface area contributed by atoms with Crippen molar-refractivity contribution in [3.05, 3.63) is 42.9 Å². The number of hydroxylamine groups is 1. The average Bonchev–Trinajstić information content (AvgIpc) is 2.54. The molecule has 1 atom stereocenters. The van der Waals surface area contributed by atoms with Crippen LogP contribution in [0.25, 0.3) is 0 Å². The van der Waals surface area contributed by atoms with Crippen LogP contribution in [-0.4, -0.2) is 24.0 Å². The SMILES string of the molecule is [CH2]N=C(ONC(=N)N)C(CCC)NC(=O)OCc1ccccc1. The number of alkyl carbamates (subject to hydrolysis) is 1. The zero-order chi connectivity index (χ0) is 17.1. The number of amides is 1. The molecule has 0 aliphatic carbocycles. The molecule has 1 aromatic carbocycles. The quantitative estimate of drug-likeness (QED) is 0.361. The highest BCUT2D eigenvalue weighted by Crippen LogP contribution is 2.04. The predicted molar refractivity (Wildman–Crippen MR) is 87.4 cm³/mol. The summed E-state index contributed by atoms with van der Waals surface area (Å²) in [6, 6.07) is 8.81. The van der Waals surface area contributed by atoms with Crippen LogP contribution < -0.4 is 16.5 Å². The van der Waals surface area contributed by atoms with Crippen LogP contribution in [0.15, 0.2) is 35.3 Å². The van der Waals surface area contributed by atoms with E-state index in [1.54, 1.807) is 0 Å². The Labute approximate surface area is 135 Å². The minimum Gasteiger partial charge on any atom is -0.445 e. The fraction of sp³-hybridized carbons (Fsp3) is 0.333. The predicted octanol–water partition coefficient (Wildman–Crippen LogP) is 1.69. The first-order valence-electron chi connectivity index (χ1n) is 7.14. The van der Waals surface area contributed by atoms with Crippen LogP contribution in [0, 0.1) is 12.5 Å². The normalized spacial score (nSPS) is 12.2. The van der Waals surface area contributed by atoms with Crippen LogP contribution in [0.1, 0.15) is 25.3 Å². The van der Waals surface area contributed by atoms with Crippen molar-refractivity contribution in [3.63, 3.8) is 0 Å². The first-order valence-corrected chi connectivity index (χ1v) is 7.14. The van der Waals surface area contributed by atoms with Gasteiger partial charge in [0.1, 0.15) is 12.6 Å². The van der Waals surface area contributed by atoms with Crippen LogP contribution in [0.4, 0.5) is 4.79 Å². The maximum absolute atomic E-state index is 11.9. The van der Waals surface area contributed by atoms with Crippen LogP contribution in [0.3, 0.4) is 0 Å². The van der Waals surface area contributed by atoms with Crippen LogP contribution in [-0.2, 0) is 16.2 Å². The maximum atomic E-state index is 11.9. The molecule has 0 saturated carbocycles. The van der Waals surface area contributed by atoms with Crippen molar-refractivity contribution >= 4 is 18.0 Å². The average molecular weight is 320 g/mol. The fourth-order valence-electron chi connectivity index (χ4n) is 1.77. The van der Waals surface area contributed by atoms with E-state index in [2.05, 4.69) is 22.8 Å². The van der Waals surface area contributed by atoms with Gasteiger partial charge in [-0.3, -0.25) is 5.41 Å². The minimum absolute atomic E-state index is 0.110. The van der Waals surface area contributed by atoms with E-state index in [0.717, 1.165) is 12.0 Å². The highest BCUT2D eigenvalue weighted by Gasteiger charge is 2.20. The molecule has 1 rings (SSSR count). The van der Waals surface area contributed by atoms with Gasteiger partial charge in [0.15, 0.2) is 0 Å². The topological polar surface area (TPSA) is 122 Å². The summed E-state index contributed by atoms with van der Waals surface area (Å²) in [5.41, 5.74) is 8.19. The molecule has 0 bridgehead atoms. The number of rotatable bonds is 6. The van der Waals surface area contributed by atoms with Crippen molar-refractivity contribution in [1.82, 2.24) is 10.8 Å². The minimum atomic E-state index is -0.597. The van der Waals surface area contributed by atoms with Crippen LogP contribution >= 0.6 is 0 Å². The Hall–Kier alpha value is -2.77. The Morgan fingerprint density at radius 2 is 2.13 bits per heavy atom. The number of hydrogen-bond acceptors (Lipinski definition) is 5. The summed E-state index contributed by atoms with van der Waals surface area (Å²) in [5.74, 6) is -0.272. The van der Waals surface area contributed by atoms with Gasteiger partial charge in [-0.1, -0.05) is 43.7 Å². The van der Waals surface area contributed by atoms with Gasteiger partial charge in [-0.25, -0.2) is 9.79 Å². The van der Waals surface area contributed by atoms with Gasteiger partial charge in [-0.15, -0.1) is 0 Å². The molecule has 0 aromatic heterocycles. The first kappa shape index (κ1) is 18.3. The zero-order valence-electron chi connectivity index (χ0n) is 13.0. The van der Waals surface area contributed by atoms with Crippen molar-refractivity contribution in [2.24, 2.45) is 10.7 Å². The molecule has 23 heavy (non-hydrogen) atoms. The van der Waals surface area contributed by atoms with Crippen molar-refractivity contribution in [2.75, 3.05) is 0 Å². The van der Waals surface area contributed by atoms with Crippen LogP contribution in [0.5, 0.6) is 0 Å². The van der Waals surface area contributed by atoms with E-state index in [9.17, 15) is 4.79 Å². The lowest BCUT2D eigenvalue weighted by atomic mass is 10.1. The third-order valence-corrected chi connectivity index (χ3v) is 2.80. The van der Waals surface area contributed by atoms with Gasteiger partial charge < -0.3 is 20.6 Å². The molecular weight excluding hydrogens is 298 g/mol. The molecule has 1 radical (unpaired) electrons. The second-order valence-electron chi connectivity index (χ2n) is 4.66. The van der Waals surface area contributed by atoms with Gasteiger partial charge in [0.25, 0.3) is 0 Å². The molecule has 8 heteroatoms. The molecule has 0 aliphatic rings. The molecule has 0 saturated heterocycles. The van der Waals surface area contributed by atoms with Crippen molar-refractivity contribution < 1.29 is 14.4 Å². The third-order valence-electron chi connectivity index (χ3n) is 2.80. The molecule has 0 heterocycles. The number of aliphatic imine (C=N–C) groups is 1. The first-order chi connectivity index (χ1) is 11.1. The summed E-state index contributed by atoms with van der Waals surface area (Å²) in [6.45, 7) is 2.11. The van der Waals surface area contributed by atoms with Gasteiger partial charge >= 0.3 is 6.09 Å². The van der Waals surface area contributed by atoms with Crippen molar-refractivity contribution in [2.45, 2.75) is 32.4 Å². The highest BCUT2D eigenvalue weighted by molar-refractivity contribution is 5.87. The fourth-order valence-corrected chi connectivity index (χ4v) is 1.77. The number of nitrogens with zero attached hydrogens (tertiary/aromatic N) is 1. The van der Waals surface area contributed by atoms with Crippen LogP contribution in [0.2, 0.25) is 0 Å². The summed E-state index contributed by atoms with van der Waals surface area (Å²) < 4.78 is 5.16. The number of hydrogen-bond donors (Lipinski definition) is 4. The summed E-state index contributed by atoms with van der Waals surface area (Å²) in [7, 11) is 3.39. The molecule has 1 unspecified atom stereocenters. The second kappa shape index (κ2) is 10.0. The smallest absolute Gasteiger partial charge is 0.408 e. The monoisotopic (exact) mass is 320 g/mol. The van der Waals surface area contributed by atoms with E-state index < -0.39 is 12.1 Å². The number of nitrogens with one attached hydrogen (secondary N) is 3. The zero-order valence-corrected chi connectivity index (χ0v) is 13.0. The van der Waals surface area contributed by atoms with Gasteiger partial charge in [-0.2, -0.15) is 5.48 Å². The molecule has 125 valence electrons. The summed E-state index contributed by atoms with van der Waals surface area (Å²) in [5, 5.41) is 9.72. The maximum Gasteiger partial charge on any atom is 0.408 e. The number of carbonyl (C=O) groups excluding carboxylic acids is 1. The molecule has 8 nitrogen and oxygen atoms in total. The molecule has 0 aliphatic heterocycles. The number of benzene rings is 1. The molecular formula is C15H22N5O3. The Morgan fingerprint density at radius 1 is 1.43 bits per heavy atom. The lowest BCUT2D eigenvalue weighted by Gasteiger charge is -2.19. The number of carbonyl (C=O) groups is 1. The molecule has 0 fully saturated rings. The van der Waals surface area contributed by atoms with Gasteiger partial charge in [0.2, 0.25) is 11.9 Å². The Morgan fingerprint density at radius 3 is 2.70 bits per heavy atom. The molecule has 1 aromatic rings. The lowest BCUT2D eigenvalue weighted by molar-refractivity contribution is 0.135. The van der Waals surface area contributed by atoms with Gasteiger partial charge in [0.05, 0.1) is 7.05 Å². The van der Waals surface area contributed by atoms with E-state index in [1.807, 2.05) is 37.3 Å². The summed E-state index contributed by atoms with van der Waals surface area (Å²) in [6.07, 6.45) is 0.736. The number of guanidine groups is 1. The third kappa shape index (κ3) is 7.16. The highest BCUT2D eigenvalue weighted by atomic mass is 16.7.